The van der Waals surface area contributed by atoms with Gasteiger partial charge in [-0.05, 0) is 37.4 Å². The first-order valence-corrected chi connectivity index (χ1v) is 10.4. The van der Waals surface area contributed by atoms with Gasteiger partial charge >= 0.3 is 0 Å². The fourth-order valence-electron chi connectivity index (χ4n) is 3.23. The molecule has 0 bridgehead atoms. The molecule has 3 rings (SSSR count). The molecule has 1 amide bonds. The van der Waals surface area contributed by atoms with Crippen LogP contribution in [0.15, 0.2) is 60.8 Å². The highest BCUT2D eigenvalue weighted by atomic mass is 35.5. The van der Waals surface area contributed by atoms with E-state index in [9.17, 15) is 4.79 Å². The molecule has 0 atom stereocenters. The molecule has 0 spiro atoms. The molecule has 0 aliphatic carbocycles. The first-order chi connectivity index (χ1) is 14.1. The van der Waals surface area contributed by atoms with Crippen molar-refractivity contribution in [2.24, 2.45) is 0 Å². The van der Waals surface area contributed by atoms with E-state index >= 15 is 0 Å². The van der Waals surface area contributed by atoms with Crippen molar-refractivity contribution in [3.63, 3.8) is 0 Å². The summed E-state index contributed by atoms with van der Waals surface area (Å²) in [5.74, 6) is -0.0000173. The molecule has 0 aliphatic rings. The summed E-state index contributed by atoms with van der Waals surface area (Å²) in [5.41, 5.74) is 3.58. The van der Waals surface area contributed by atoms with Crippen LogP contribution >= 0.6 is 11.6 Å². The molecule has 0 aliphatic heterocycles. The zero-order chi connectivity index (χ0) is 20.6. The second kappa shape index (κ2) is 10.2. The van der Waals surface area contributed by atoms with E-state index < -0.39 is 0 Å². The Balaban J connectivity index is 1.79. The van der Waals surface area contributed by atoms with Gasteiger partial charge in [0.15, 0.2) is 0 Å². The Bertz CT molecular complexity index is 918. The van der Waals surface area contributed by atoms with Crippen LogP contribution < -0.4 is 5.32 Å². The largest absolute Gasteiger partial charge is 0.355 e. The molecule has 0 saturated heterocycles. The third-order valence-electron chi connectivity index (χ3n) is 4.92. The van der Waals surface area contributed by atoms with Gasteiger partial charge in [-0.3, -0.25) is 4.79 Å². The molecule has 0 radical (unpaired) electrons. The highest BCUT2D eigenvalue weighted by Gasteiger charge is 2.15. The van der Waals surface area contributed by atoms with Gasteiger partial charge in [0.1, 0.15) is 0 Å². The lowest BCUT2D eigenvalue weighted by molar-refractivity contribution is -0.120. The first kappa shape index (κ1) is 21.1. The Morgan fingerprint density at radius 1 is 1.07 bits per heavy atom. The van der Waals surface area contributed by atoms with Crippen molar-refractivity contribution in [2.45, 2.75) is 20.3 Å². The van der Waals surface area contributed by atoms with E-state index in [1.165, 1.54) is 0 Å². The van der Waals surface area contributed by atoms with Crippen molar-refractivity contribution in [1.82, 2.24) is 20.0 Å². The Hall–Kier alpha value is -2.63. The van der Waals surface area contributed by atoms with E-state index in [0.717, 1.165) is 42.1 Å². The van der Waals surface area contributed by atoms with Crippen LogP contribution in [0.1, 0.15) is 19.4 Å². The summed E-state index contributed by atoms with van der Waals surface area (Å²) < 4.78 is 1.82. The highest BCUT2D eigenvalue weighted by Crippen LogP contribution is 2.25. The van der Waals surface area contributed by atoms with Crippen LogP contribution in [0.4, 0.5) is 0 Å². The Kier molecular flexibility index (Phi) is 7.44. The van der Waals surface area contributed by atoms with Crippen LogP contribution in [-0.2, 0) is 11.2 Å². The van der Waals surface area contributed by atoms with E-state index in [1.807, 2.05) is 65.5 Å². The Labute approximate surface area is 177 Å². The van der Waals surface area contributed by atoms with E-state index in [-0.39, 0.29) is 12.3 Å². The smallest absolute Gasteiger partial charge is 0.224 e. The van der Waals surface area contributed by atoms with E-state index in [1.54, 1.807) is 0 Å². The minimum Gasteiger partial charge on any atom is -0.355 e. The average Bonchev–Trinajstić information content (AvgIpc) is 3.16. The maximum Gasteiger partial charge on any atom is 0.224 e. The number of likely N-dealkylation sites (N-methyl/N-ethyl adjacent to an activating group) is 1. The molecule has 0 fully saturated rings. The van der Waals surface area contributed by atoms with Gasteiger partial charge < -0.3 is 10.2 Å². The molecular weight excluding hydrogens is 384 g/mol. The van der Waals surface area contributed by atoms with Crippen LogP contribution in [-0.4, -0.2) is 46.8 Å². The SMILES string of the molecule is CCN(CC)CCNC(=O)Cc1cn(-c2ccccc2)nc1-c1ccc(Cl)cc1. The third-order valence-corrected chi connectivity index (χ3v) is 5.18. The Morgan fingerprint density at radius 3 is 2.41 bits per heavy atom. The minimum absolute atomic E-state index is 0.0000173. The van der Waals surface area contributed by atoms with Gasteiger partial charge in [0, 0.05) is 35.4 Å². The van der Waals surface area contributed by atoms with Crippen LogP contribution in [0, 0.1) is 0 Å². The summed E-state index contributed by atoms with van der Waals surface area (Å²) in [6, 6.07) is 17.4. The standard InChI is InChI=1S/C23H27ClN4O/c1-3-27(4-2)15-14-25-22(29)16-19-17-28(21-8-6-5-7-9-21)26-23(19)18-10-12-20(24)13-11-18/h5-13,17H,3-4,14-16H2,1-2H3,(H,25,29). The number of halogens is 1. The van der Waals surface area contributed by atoms with Crippen LogP contribution in [0.2, 0.25) is 5.02 Å². The lowest BCUT2D eigenvalue weighted by Crippen LogP contribution is -2.35. The number of aromatic nitrogens is 2. The predicted molar refractivity (Wildman–Crippen MR) is 119 cm³/mol. The Morgan fingerprint density at radius 2 is 1.76 bits per heavy atom. The summed E-state index contributed by atoms with van der Waals surface area (Å²) in [4.78, 5) is 14.9. The molecule has 6 heteroatoms. The van der Waals surface area contributed by atoms with Gasteiger partial charge in [0.2, 0.25) is 5.91 Å². The maximum atomic E-state index is 12.6. The van der Waals surface area contributed by atoms with Gasteiger partial charge in [-0.15, -0.1) is 0 Å². The summed E-state index contributed by atoms with van der Waals surface area (Å²) in [6.07, 6.45) is 2.21. The molecule has 152 valence electrons. The number of benzene rings is 2. The normalized spacial score (nSPS) is 11.0. The number of hydrogen-bond acceptors (Lipinski definition) is 3. The summed E-state index contributed by atoms with van der Waals surface area (Å²) in [6.45, 7) is 7.72. The second-order valence-electron chi connectivity index (χ2n) is 6.84. The van der Waals surface area contributed by atoms with Crippen LogP contribution in [0.5, 0.6) is 0 Å². The molecule has 0 saturated carbocycles. The maximum absolute atomic E-state index is 12.6. The first-order valence-electron chi connectivity index (χ1n) is 9.99. The minimum atomic E-state index is -0.0000173. The number of nitrogens with one attached hydrogen (secondary N) is 1. The third kappa shape index (κ3) is 5.68. The van der Waals surface area contributed by atoms with Gasteiger partial charge in [-0.2, -0.15) is 5.10 Å². The number of hydrogen-bond donors (Lipinski definition) is 1. The molecule has 29 heavy (non-hydrogen) atoms. The molecule has 1 aromatic heterocycles. The fourth-order valence-corrected chi connectivity index (χ4v) is 3.36. The molecule has 3 aromatic rings. The van der Waals surface area contributed by atoms with Crippen molar-refractivity contribution >= 4 is 17.5 Å². The quantitative estimate of drug-likeness (QED) is 0.575. The zero-order valence-corrected chi connectivity index (χ0v) is 17.7. The summed E-state index contributed by atoms with van der Waals surface area (Å²) in [7, 11) is 0. The van der Waals surface area contributed by atoms with Gasteiger partial charge in [0.25, 0.3) is 0 Å². The van der Waals surface area contributed by atoms with Gasteiger partial charge in [-0.1, -0.05) is 55.8 Å². The zero-order valence-electron chi connectivity index (χ0n) is 16.9. The van der Waals surface area contributed by atoms with Crippen LogP contribution in [0.25, 0.3) is 16.9 Å². The monoisotopic (exact) mass is 410 g/mol. The molecule has 0 unspecified atom stereocenters. The van der Waals surface area contributed by atoms with E-state index in [0.29, 0.717) is 11.6 Å². The molecule has 1 N–H and O–H groups in total. The van der Waals surface area contributed by atoms with Crippen molar-refractivity contribution in [3.05, 3.63) is 71.4 Å². The average molecular weight is 411 g/mol. The number of carbonyl (C=O) groups excluding carboxylic acids is 1. The lowest BCUT2D eigenvalue weighted by atomic mass is 10.1. The van der Waals surface area contributed by atoms with Crippen molar-refractivity contribution in [2.75, 3.05) is 26.2 Å². The van der Waals surface area contributed by atoms with Gasteiger partial charge in [0.05, 0.1) is 17.8 Å². The van der Waals surface area contributed by atoms with E-state index in [4.69, 9.17) is 16.7 Å². The fraction of sp³-hybridized carbons (Fsp3) is 0.304. The van der Waals surface area contributed by atoms with Crippen molar-refractivity contribution < 1.29 is 4.79 Å². The summed E-state index contributed by atoms with van der Waals surface area (Å²) >= 11 is 6.04. The number of rotatable bonds is 9. The highest BCUT2D eigenvalue weighted by molar-refractivity contribution is 6.30. The number of amides is 1. The molecule has 1 heterocycles. The number of carbonyl (C=O) groups is 1. The van der Waals surface area contributed by atoms with Crippen LogP contribution in [0.3, 0.4) is 0 Å². The predicted octanol–water partition coefficient (Wildman–Crippen LogP) is 4.19. The molecular formula is C23H27ClN4O. The molecule has 2 aromatic carbocycles. The number of nitrogens with zero attached hydrogens (tertiary/aromatic N) is 3. The molecule has 5 nitrogen and oxygen atoms in total. The van der Waals surface area contributed by atoms with Crippen molar-refractivity contribution in [3.8, 4) is 16.9 Å². The summed E-state index contributed by atoms with van der Waals surface area (Å²) in [5, 5.41) is 8.46. The van der Waals surface area contributed by atoms with E-state index in [2.05, 4.69) is 24.1 Å². The topological polar surface area (TPSA) is 50.2 Å². The second-order valence-corrected chi connectivity index (χ2v) is 7.28. The number of para-hydroxylation sites is 1. The van der Waals surface area contributed by atoms with Crippen molar-refractivity contribution in [1.29, 1.82) is 0 Å². The van der Waals surface area contributed by atoms with Gasteiger partial charge in [-0.25, -0.2) is 4.68 Å². The lowest BCUT2D eigenvalue weighted by Gasteiger charge is -2.17.